The van der Waals surface area contributed by atoms with E-state index in [1.807, 2.05) is 21.1 Å². The first-order chi connectivity index (χ1) is 49.0. The molecule has 0 aliphatic heterocycles. The fourth-order valence-corrected chi connectivity index (χ4v) is 12.0. The molecule has 0 bridgehead atoms. The number of likely N-dealkylation sites (N-methyl/N-ethyl adjacent to an activating group) is 1. The van der Waals surface area contributed by atoms with Crippen LogP contribution in [-0.4, -0.2) is 74.9 Å². The Labute approximate surface area is 617 Å². The Hall–Kier alpha value is -4.37. The molecule has 0 spiro atoms. The first kappa shape index (κ1) is 95.6. The van der Waals surface area contributed by atoms with Crippen LogP contribution in [0.25, 0.3) is 0 Å². The summed E-state index contributed by atoms with van der Waals surface area (Å²) in [6.45, 7) is 4.32. The summed E-state index contributed by atoms with van der Waals surface area (Å²) in [6.07, 6.45) is 118. The lowest BCUT2D eigenvalue weighted by molar-refractivity contribution is -0.870. The van der Waals surface area contributed by atoms with Gasteiger partial charge in [-0.1, -0.05) is 364 Å². The molecular weight excluding hydrogens is 1250 g/mol. The van der Waals surface area contributed by atoms with Gasteiger partial charge >= 0.3 is 19.8 Å². The predicted molar refractivity (Wildman–Crippen MR) is 436 cm³/mol. The molecule has 1 N–H and O–H groups in total. The van der Waals surface area contributed by atoms with E-state index in [-0.39, 0.29) is 32.0 Å². The standard InChI is InChI=1S/C90H154NO8P/c1-6-8-10-12-14-16-18-20-22-24-26-28-30-32-34-36-38-40-42-43-44-45-46-47-49-51-53-55-57-59-61-63-65-67-69-71-73-75-77-79-81-83-90(93)99-88(87-98-100(94,95)97-85-84-91(3,4)5)86-96-89(92)82-80-78-76-74-72-70-68-66-64-62-60-58-56-54-52-50-48-41-39-37-35-33-31-29-27-25-23-21-19-17-15-13-11-9-7-2/h8,10,14,16,19-22,25-28,32,34,38,40,43-44,46-47,51,53,57,59,63,65,88H,6-7,9,11-13,15,17-18,23-24,29-31,33,35-37,39,41-42,45,48-50,52,54-56,58,60-62,64,66-87H2,1-5H3/p+1/b10-8-,16-14-,21-19-,22-20-,27-25-,28-26-,34-32-,40-38-,44-43-,47-46-,53-51-,59-57-,65-63-. The van der Waals surface area contributed by atoms with E-state index in [9.17, 15) is 19.0 Å². The van der Waals surface area contributed by atoms with Gasteiger partial charge in [0.25, 0.3) is 0 Å². The topological polar surface area (TPSA) is 108 Å². The molecule has 0 heterocycles. The Kier molecular flexibility index (Phi) is 75.3. The predicted octanol–water partition coefficient (Wildman–Crippen LogP) is 27.8. The lowest BCUT2D eigenvalue weighted by atomic mass is 10.0. The fourth-order valence-electron chi connectivity index (χ4n) is 11.3. The van der Waals surface area contributed by atoms with E-state index in [1.165, 1.54) is 193 Å². The first-order valence-corrected chi connectivity index (χ1v) is 42.7. The monoisotopic (exact) mass is 1410 g/mol. The maximum absolute atomic E-state index is 12.9. The molecule has 0 aromatic rings. The van der Waals surface area contributed by atoms with E-state index in [2.05, 4.69) is 172 Å². The number of hydrogen-bond donors (Lipinski definition) is 1. The zero-order valence-corrected chi connectivity index (χ0v) is 66.3. The van der Waals surface area contributed by atoms with Crippen molar-refractivity contribution < 1.29 is 42.1 Å². The van der Waals surface area contributed by atoms with Crippen LogP contribution in [0.2, 0.25) is 0 Å². The van der Waals surface area contributed by atoms with Crippen LogP contribution in [0.1, 0.15) is 348 Å². The third kappa shape index (κ3) is 82.6. The quantitative estimate of drug-likeness (QED) is 0.0211. The van der Waals surface area contributed by atoms with Gasteiger partial charge in [0, 0.05) is 12.8 Å². The highest BCUT2D eigenvalue weighted by atomic mass is 31.2. The van der Waals surface area contributed by atoms with Crippen molar-refractivity contribution in [3.05, 3.63) is 158 Å². The third-order valence-electron chi connectivity index (χ3n) is 17.5. The van der Waals surface area contributed by atoms with Gasteiger partial charge < -0.3 is 18.9 Å². The Morgan fingerprint density at radius 2 is 0.570 bits per heavy atom. The van der Waals surface area contributed by atoms with Crippen molar-refractivity contribution in [2.75, 3.05) is 47.5 Å². The second-order valence-corrected chi connectivity index (χ2v) is 29.9. The minimum atomic E-state index is -4.41. The zero-order chi connectivity index (χ0) is 72.5. The van der Waals surface area contributed by atoms with Gasteiger partial charge in [-0.25, -0.2) is 4.57 Å². The normalized spacial score (nSPS) is 13.9. The number of quaternary nitrogens is 1. The van der Waals surface area contributed by atoms with E-state index in [1.54, 1.807) is 0 Å². The highest BCUT2D eigenvalue weighted by molar-refractivity contribution is 7.47. The summed E-state index contributed by atoms with van der Waals surface area (Å²) in [5.41, 5.74) is 0. The SMILES string of the molecule is CC/C=C\C/C=C\C/C=C\C/C=C\C/C=C\C/C=C\C/C=C\C/C=C\C/C=C\C/C=C\C/C=C\CCCCCCCCCC(=O)OC(COC(=O)CCCCCCCCCCCCCCCCCCCCCCCCC/C=C\C/C=C\CCCCCCC)COP(=O)(O)OCC[N+](C)(C)C. The van der Waals surface area contributed by atoms with E-state index in [0.29, 0.717) is 17.4 Å². The van der Waals surface area contributed by atoms with Crippen molar-refractivity contribution in [2.24, 2.45) is 0 Å². The second kappa shape index (κ2) is 78.8. The molecule has 0 aliphatic carbocycles. The molecule has 2 unspecified atom stereocenters. The summed E-state index contributed by atoms with van der Waals surface area (Å²) in [4.78, 5) is 36.0. The van der Waals surface area contributed by atoms with Crippen molar-refractivity contribution in [2.45, 2.75) is 354 Å². The molecule has 0 aromatic carbocycles. The number of esters is 2. The molecule has 0 aromatic heterocycles. The fraction of sp³-hybridized carbons (Fsp3) is 0.689. The molecule has 0 rings (SSSR count). The molecule has 0 radical (unpaired) electrons. The maximum atomic E-state index is 12.9. The van der Waals surface area contributed by atoms with Gasteiger partial charge in [0.15, 0.2) is 6.10 Å². The smallest absolute Gasteiger partial charge is 0.462 e. The lowest BCUT2D eigenvalue weighted by Crippen LogP contribution is -2.37. The van der Waals surface area contributed by atoms with Gasteiger partial charge in [-0.2, -0.15) is 0 Å². The van der Waals surface area contributed by atoms with Gasteiger partial charge in [-0.3, -0.25) is 18.6 Å². The van der Waals surface area contributed by atoms with Gasteiger partial charge in [-0.05, 0) is 128 Å². The van der Waals surface area contributed by atoms with Crippen LogP contribution >= 0.6 is 7.82 Å². The van der Waals surface area contributed by atoms with Crippen LogP contribution in [0.4, 0.5) is 0 Å². The third-order valence-corrected chi connectivity index (χ3v) is 18.5. The van der Waals surface area contributed by atoms with Crippen molar-refractivity contribution in [3.63, 3.8) is 0 Å². The molecule has 0 aliphatic rings. The molecule has 0 saturated heterocycles. The van der Waals surface area contributed by atoms with Gasteiger partial charge in [-0.15, -0.1) is 0 Å². The summed E-state index contributed by atoms with van der Waals surface area (Å²) in [5, 5.41) is 0. The number of ether oxygens (including phenoxy) is 2. The summed E-state index contributed by atoms with van der Waals surface area (Å²) < 4.78 is 34.8. The van der Waals surface area contributed by atoms with Crippen LogP contribution in [0.3, 0.4) is 0 Å². The number of hydrogen-bond acceptors (Lipinski definition) is 7. The lowest BCUT2D eigenvalue weighted by Gasteiger charge is -2.24. The highest BCUT2D eigenvalue weighted by Crippen LogP contribution is 2.43. The average molecular weight is 1410 g/mol. The summed E-state index contributed by atoms with van der Waals surface area (Å²) in [5.74, 6) is -0.806. The van der Waals surface area contributed by atoms with Gasteiger partial charge in [0.2, 0.25) is 0 Å². The van der Waals surface area contributed by atoms with Crippen LogP contribution in [0, 0.1) is 0 Å². The number of carbonyl (C=O) groups excluding carboxylic acids is 2. The Balaban J connectivity index is 4.04. The number of unbranched alkanes of at least 4 members (excludes halogenated alkanes) is 35. The minimum Gasteiger partial charge on any atom is -0.462 e. The van der Waals surface area contributed by atoms with Crippen molar-refractivity contribution >= 4 is 19.8 Å². The molecule has 100 heavy (non-hydrogen) atoms. The maximum Gasteiger partial charge on any atom is 0.472 e. The number of phosphoric acid groups is 1. The summed E-state index contributed by atoms with van der Waals surface area (Å²) >= 11 is 0. The van der Waals surface area contributed by atoms with E-state index in [0.717, 1.165) is 122 Å². The van der Waals surface area contributed by atoms with Crippen LogP contribution in [0.5, 0.6) is 0 Å². The number of nitrogens with zero attached hydrogens (tertiary/aromatic N) is 1. The van der Waals surface area contributed by atoms with Gasteiger partial charge in [0.1, 0.15) is 19.8 Å². The number of allylic oxidation sites excluding steroid dienone is 26. The number of phosphoric ester groups is 1. The second-order valence-electron chi connectivity index (χ2n) is 28.4. The number of rotatable bonds is 75. The molecule has 572 valence electrons. The highest BCUT2D eigenvalue weighted by Gasteiger charge is 2.27. The average Bonchev–Trinajstić information content (AvgIpc) is 1.30. The van der Waals surface area contributed by atoms with Crippen molar-refractivity contribution in [1.29, 1.82) is 0 Å². The Morgan fingerprint density at radius 1 is 0.320 bits per heavy atom. The van der Waals surface area contributed by atoms with Crippen LogP contribution in [0.15, 0.2) is 158 Å². The molecule has 0 amide bonds. The molecule has 10 heteroatoms. The largest absolute Gasteiger partial charge is 0.472 e. The Morgan fingerprint density at radius 3 is 0.850 bits per heavy atom. The molecule has 9 nitrogen and oxygen atoms in total. The van der Waals surface area contributed by atoms with Gasteiger partial charge in [0.05, 0.1) is 27.7 Å². The zero-order valence-electron chi connectivity index (χ0n) is 65.4. The molecule has 2 atom stereocenters. The molecule has 0 saturated carbocycles. The van der Waals surface area contributed by atoms with Crippen molar-refractivity contribution in [1.82, 2.24) is 0 Å². The van der Waals surface area contributed by atoms with E-state index in [4.69, 9.17) is 18.5 Å². The number of carbonyl (C=O) groups is 2. The van der Waals surface area contributed by atoms with Crippen molar-refractivity contribution in [3.8, 4) is 0 Å². The Bertz CT molecular complexity index is 2250. The summed E-state index contributed by atoms with van der Waals surface area (Å²) in [7, 11) is 1.46. The molecular formula is C90H155NO8P+. The first-order valence-electron chi connectivity index (χ1n) is 41.2. The van der Waals surface area contributed by atoms with Crippen LogP contribution in [-0.2, 0) is 32.7 Å². The minimum absolute atomic E-state index is 0.0236. The van der Waals surface area contributed by atoms with E-state index < -0.39 is 26.5 Å². The summed E-state index contributed by atoms with van der Waals surface area (Å²) in [6, 6.07) is 0. The van der Waals surface area contributed by atoms with E-state index >= 15 is 0 Å². The molecule has 0 fully saturated rings. The van der Waals surface area contributed by atoms with Crippen LogP contribution < -0.4 is 0 Å².